The molecule has 3 unspecified atom stereocenters. The Morgan fingerprint density at radius 2 is 2.05 bits per heavy atom. The van der Waals surface area contributed by atoms with Gasteiger partial charge in [0.15, 0.2) is 5.78 Å². The highest BCUT2D eigenvalue weighted by molar-refractivity contribution is 5.93. The molecule has 0 aromatic heterocycles. The molecule has 2 fully saturated rings. The zero-order chi connectivity index (χ0) is 15.3. The standard InChI is InChI=1S/C20H28O2/c1-2-10-20-11-9-16-15-6-4-14(21)12-13(15)3-5-17(16)18(20)7-8-19(20)22/h12,17-19,22H,2-11H2,1H3/t17?,18?,19-,20?/m0/s1. The summed E-state index contributed by atoms with van der Waals surface area (Å²) in [5.41, 5.74) is 4.78. The number of ketones is 1. The van der Waals surface area contributed by atoms with Gasteiger partial charge in [-0.25, -0.2) is 0 Å². The lowest BCUT2D eigenvalue weighted by atomic mass is 9.55. The van der Waals surface area contributed by atoms with E-state index >= 15 is 0 Å². The fourth-order valence-corrected chi connectivity index (χ4v) is 6.26. The molecule has 2 heteroatoms. The second kappa shape index (κ2) is 5.33. The van der Waals surface area contributed by atoms with Crippen molar-refractivity contribution in [2.24, 2.45) is 17.3 Å². The predicted molar refractivity (Wildman–Crippen MR) is 87.4 cm³/mol. The van der Waals surface area contributed by atoms with Crippen LogP contribution in [-0.2, 0) is 4.79 Å². The zero-order valence-corrected chi connectivity index (χ0v) is 13.7. The van der Waals surface area contributed by atoms with Gasteiger partial charge in [0, 0.05) is 6.42 Å². The van der Waals surface area contributed by atoms with Gasteiger partial charge < -0.3 is 5.11 Å². The van der Waals surface area contributed by atoms with E-state index < -0.39 is 0 Å². The van der Waals surface area contributed by atoms with E-state index in [0.29, 0.717) is 24.0 Å². The summed E-state index contributed by atoms with van der Waals surface area (Å²) >= 11 is 0. The minimum atomic E-state index is -0.0751. The molecule has 0 aliphatic heterocycles. The molecule has 4 atom stereocenters. The summed E-state index contributed by atoms with van der Waals surface area (Å²) in [6, 6.07) is 0. The molecule has 0 radical (unpaired) electrons. The van der Waals surface area contributed by atoms with Crippen molar-refractivity contribution in [2.45, 2.75) is 77.2 Å². The highest BCUT2D eigenvalue weighted by atomic mass is 16.3. The summed E-state index contributed by atoms with van der Waals surface area (Å²) in [6.07, 6.45) is 12.8. The highest BCUT2D eigenvalue weighted by Gasteiger charge is 2.55. The maximum Gasteiger partial charge on any atom is 0.156 e. The summed E-state index contributed by atoms with van der Waals surface area (Å²) in [4.78, 5) is 11.7. The predicted octanol–water partition coefficient (Wildman–Crippen LogP) is 4.33. The van der Waals surface area contributed by atoms with Crippen molar-refractivity contribution in [2.75, 3.05) is 0 Å². The van der Waals surface area contributed by atoms with Gasteiger partial charge in [-0.2, -0.15) is 0 Å². The number of carbonyl (C=O) groups is 1. The Labute approximate surface area is 133 Å². The third kappa shape index (κ3) is 1.99. The molecule has 4 aliphatic rings. The van der Waals surface area contributed by atoms with Gasteiger partial charge in [0.25, 0.3) is 0 Å². The summed E-state index contributed by atoms with van der Waals surface area (Å²) in [5.74, 6) is 1.71. The first-order valence-corrected chi connectivity index (χ1v) is 9.29. The number of aliphatic hydroxyl groups is 1. The minimum Gasteiger partial charge on any atom is -0.393 e. The second-order valence-corrected chi connectivity index (χ2v) is 7.97. The van der Waals surface area contributed by atoms with E-state index in [4.69, 9.17) is 0 Å². The summed E-state index contributed by atoms with van der Waals surface area (Å²) in [6.45, 7) is 2.26. The smallest absolute Gasteiger partial charge is 0.156 e. The van der Waals surface area contributed by atoms with Gasteiger partial charge in [-0.05, 0) is 85.8 Å². The molecule has 4 rings (SSSR count). The van der Waals surface area contributed by atoms with E-state index in [1.165, 1.54) is 44.1 Å². The lowest BCUT2D eigenvalue weighted by Gasteiger charge is -2.50. The molecular formula is C20H28O2. The maximum atomic E-state index is 11.7. The Morgan fingerprint density at radius 3 is 2.86 bits per heavy atom. The van der Waals surface area contributed by atoms with Gasteiger partial charge in [0.1, 0.15) is 0 Å². The lowest BCUT2D eigenvalue weighted by Crippen LogP contribution is -2.44. The normalized spacial score (nSPS) is 40.9. The topological polar surface area (TPSA) is 37.3 Å². The Hall–Kier alpha value is -0.890. The van der Waals surface area contributed by atoms with Crippen molar-refractivity contribution in [1.29, 1.82) is 0 Å². The van der Waals surface area contributed by atoms with Crippen LogP contribution in [0.25, 0.3) is 0 Å². The number of allylic oxidation sites excluding steroid dienone is 4. The first-order chi connectivity index (χ1) is 10.7. The van der Waals surface area contributed by atoms with Crippen molar-refractivity contribution >= 4 is 5.78 Å². The Balaban J connectivity index is 1.72. The fourth-order valence-electron chi connectivity index (χ4n) is 6.26. The van der Waals surface area contributed by atoms with Crippen molar-refractivity contribution in [3.8, 4) is 0 Å². The van der Waals surface area contributed by atoms with E-state index in [1.807, 2.05) is 6.08 Å². The van der Waals surface area contributed by atoms with Crippen molar-refractivity contribution in [1.82, 2.24) is 0 Å². The van der Waals surface area contributed by atoms with Crippen LogP contribution in [0.1, 0.15) is 71.1 Å². The van der Waals surface area contributed by atoms with Crippen LogP contribution in [0.2, 0.25) is 0 Å². The quantitative estimate of drug-likeness (QED) is 0.824. The van der Waals surface area contributed by atoms with Gasteiger partial charge in [-0.1, -0.05) is 18.9 Å². The molecular weight excluding hydrogens is 272 g/mol. The second-order valence-electron chi connectivity index (χ2n) is 7.97. The van der Waals surface area contributed by atoms with Gasteiger partial charge in [-0.3, -0.25) is 4.79 Å². The molecule has 0 aromatic rings. The molecule has 0 aromatic carbocycles. The van der Waals surface area contributed by atoms with E-state index in [-0.39, 0.29) is 11.5 Å². The molecule has 0 bridgehead atoms. The number of aliphatic hydroxyl groups excluding tert-OH is 1. The van der Waals surface area contributed by atoms with E-state index in [2.05, 4.69) is 6.92 Å². The first-order valence-electron chi connectivity index (χ1n) is 9.29. The number of hydrogen-bond acceptors (Lipinski definition) is 2. The van der Waals surface area contributed by atoms with Crippen LogP contribution in [0.4, 0.5) is 0 Å². The third-order valence-electron chi connectivity index (χ3n) is 7.12. The van der Waals surface area contributed by atoms with Crippen LogP contribution in [0.3, 0.4) is 0 Å². The monoisotopic (exact) mass is 300 g/mol. The van der Waals surface area contributed by atoms with E-state index in [0.717, 1.165) is 19.3 Å². The van der Waals surface area contributed by atoms with Gasteiger partial charge in [-0.15, -0.1) is 0 Å². The average Bonchev–Trinajstić information content (AvgIpc) is 2.84. The molecule has 0 amide bonds. The van der Waals surface area contributed by atoms with Gasteiger partial charge in [0.2, 0.25) is 0 Å². The van der Waals surface area contributed by atoms with Crippen molar-refractivity contribution < 1.29 is 9.90 Å². The van der Waals surface area contributed by atoms with Crippen molar-refractivity contribution in [3.63, 3.8) is 0 Å². The lowest BCUT2D eigenvalue weighted by molar-refractivity contribution is -0.114. The Bertz CT molecular complexity index is 556. The Morgan fingerprint density at radius 1 is 1.18 bits per heavy atom. The fraction of sp³-hybridized carbons (Fsp3) is 0.750. The van der Waals surface area contributed by atoms with Crippen molar-refractivity contribution in [3.05, 3.63) is 22.8 Å². The zero-order valence-electron chi connectivity index (χ0n) is 13.7. The van der Waals surface area contributed by atoms with E-state index in [1.54, 1.807) is 11.1 Å². The molecule has 0 heterocycles. The third-order valence-corrected chi connectivity index (χ3v) is 7.12. The molecule has 120 valence electrons. The number of carbonyl (C=O) groups excluding carboxylic acids is 1. The molecule has 22 heavy (non-hydrogen) atoms. The average molecular weight is 300 g/mol. The summed E-state index contributed by atoms with van der Waals surface area (Å²) in [5, 5.41) is 10.7. The summed E-state index contributed by atoms with van der Waals surface area (Å²) in [7, 11) is 0. The van der Waals surface area contributed by atoms with Crippen LogP contribution in [0.15, 0.2) is 22.8 Å². The molecule has 4 aliphatic carbocycles. The Kier molecular flexibility index (Phi) is 3.56. The van der Waals surface area contributed by atoms with Gasteiger partial charge >= 0.3 is 0 Å². The van der Waals surface area contributed by atoms with Gasteiger partial charge in [0.05, 0.1) is 6.10 Å². The number of fused-ring (bicyclic) bond motifs is 4. The molecule has 0 spiro atoms. The number of rotatable bonds is 2. The van der Waals surface area contributed by atoms with Crippen LogP contribution >= 0.6 is 0 Å². The van der Waals surface area contributed by atoms with Crippen LogP contribution < -0.4 is 0 Å². The largest absolute Gasteiger partial charge is 0.393 e. The molecule has 2 nitrogen and oxygen atoms in total. The molecule has 1 N–H and O–H groups in total. The maximum absolute atomic E-state index is 11.7. The molecule has 2 saturated carbocycles. The highest BCUT2D eigenvalue weighted by Crippen LogP contribution is 2.61. The van der Waals surface area contributed by atoms with Crippen LogP contribution in [0.5, 0.6) is 0 Å². The molecule has 0 saturated heterocycles. The van der Waals surface area contributed by atoms with E-state index in [9.17, 15) is 9.90 Å². The first kappa shape index (κ1) is 14.7. The van der Waals surface area contributed by atoms with Crippen LogP contribution in [-0.4, -0.2) is 17.0 Å². The SMILES string of the molecule is CCCC12CCC3=C4CCC(=O)C=C4CCC3C1CC[C@@H]2O. The number of hydrogen-bond donors (Lipinski definition) is 1. The minimum absolute atomic E-state index is 0.0751. The van der Waals surface area contributed by atoms with Crippen LogP contribution in [0, 0.1) is 17.3 Å². The summed E-state index contributed by atoms with van der Waals surface area (Å²) < 4.78 is 0.